The molecular formula is C26H28F6O4. The van der Waals surface area contributed by atoms with Gasteiger partial charge in [-0.1, -0.05) is 31.2 Å². The van der Waals surface area contributed by atoms with Crippen molar-refractivity contribution in [2.75, 3.05) is 0 Å². The molecule has 0 saturated carbocycles. The fourth-order valence-electron chi connectivity index (χ4n) is 3.58. The van der Waals surface area contributed by atoms with Crippen LogP contribution in [0.5, 0.6) is 0 Å². The standard InChI is InChI=1S/C26H28F6O4/c1-15(14-21(33)36-24(3,4)5)23(34)35-16(2)22(17-6-10-19(11-7-17)25(27,28)29)18-8-12-20(13-9-18)26(30,31)32/h6-13,15-16,22H,14H2,1-5H3/t15-,16+/m1/s1. The van der Waals surface area contributed by atoms with Crippen molar-refractivity contribution in [1.29, 1.82) is 0 Å². The van der Waals surface area contributed by atoms with E-state index in [0.29, 0.717) is 11.1 Å². The second kappa shape index (κ2) is 10.9. The van der Waals surface area contributed by atoms with Crippen molar-refractivity contribution in [1.82, 2.24) is 0 Å². The van der Waals surface area contributed by atoms with Crippen LogP contribution in [-0.4, -0.2) is 23.6 Å². The van der Waals surface area contributed by atoms with Crippen molar-refractivity contribution >= 4 is 11.9 Å². The van der Waals surface area contributed by atoms with E-state index in [1.54, 1.807) is 20.8 Å². The molecule has 2 aromatic carbocycles. The van der Waals surface area contributed by atoms with E-state index >= 15 is 0 Å². The van der Waals surface area contributed by atoms with E-state index < -0.39 is 59.0 Å². The first-order valence-electron chi connectivity index (χ1n) is 11.1. The molecule has 2 atom stereocenters. The molecule has 0 aromatic heterocycles. The number of rotatable bonds is 7. The lowest BCUT2D eigenvalue weighted by molar-refractivity contribution is -0.163. The molecule has 0 spiro atoms. The van der Waals surface area contributed by atoms with Gasteiger partial charge in [0, 0.05) is 5.92 Å². The zero-order valence-corrected chi connectivity index (χ0v) is 20.5. The molecule has 0 aliphatic heterocycles. The Balaban J connectivity index is 2.32. The van der Waals surface area contributed by atoms with Gasteiger partial charge >= 0.3 is 24.3 Å². The monoisotopic (exact) mass is 518 g/mol. The van der Waals surface area contributed by atoms with Crippen LogP contribution in [0.2, 0.25) is 0 Å². The summed E-state index contributed by atoms with van der Waals surface area (Å²) in [6.07, 6.45) is -10.4. The molecule has 0 aliphatic rings. The predicted octanol–water partition coefficient (Wildman–Crippen LogP) is 7.16. The first kappa shape index (κ1) is 29.2. The molecule has 0 fully saturated rings. The third-order valence-electron chi connectivity index (χ3n) is 5.26. The summed E-state index contributed by atoms with van der Waals surface area (Å²) in [7, 11) is 0. The van der Waals surface area contributed by atoms with Crippen LogP contribution in [0.15, 0.2) is 48.5 Å². The zero-order valence-electron chi connectivity index (χ0n) is 20.5. The Morgan fingerprint density at radius 2 is 1.14 bits per heavy atom. The van der Waals surface area contributed by atoms with Gasteiger partial charge in [0.05, 0.1) is 23.5 Å². The van der Waals surface area contributed by atoms with Crippen LogP contribution in [0.4, 0.5) is 26.3 Å². The number of carbonyl (C=O) groups excluding carboxylic acids is 2. The third kappa shape index (κ3) is 8.27. The van der Waals surface area contributed by atoms with E-state index in [9.17, 15) is 35.9 Å². The molecule has 0 radical (unpaired) electrons. The Kier molecular flexibility index (Phi) is 8.86. The normalized spacial score (nSPS) is 14.3. The highest BCUT2D eigenvalue weighted by Crippen LogP contribution is 2.36. The average Bonchev–Trinajstić information content (AvgIpc) is 2.72. The van der Waals surface area contributed by atoms with Crippen LogP contribution in [0, 0.1) is 5.92 Å². The van der Waals surface area contributed by atoms with Crippen molar-refractivity contribution in [3.63, 3.8) is 0 Å². The fraction of sp³-hybridized carbons (Fsp3) is 0.462. The minimum absolute atomic E-state index is 0.256. The van der Waals surface area contributed by atoms with Gasteiger partial charge in [-0.25, -0.2) is 0 Å². The van der Waals surface area contributed by atoms with Gasteiger partial charge in [-0.2, -0.15) is 26.3 Å². The highest BCUT2D eigenvalue weighted by Gasteiger charge is 2.34. The second-order valence-electron chi connectivity index (χ2n) is 9.55. The number of hydrogen-bond donors (Lipinski definition) is 0. The number of esters is 2. The number of alkyl halides is 6. The van der Waals surface area contributed by atoms with Crippen LogP contribution in [0.3, 0.4) is 0 Å². The maximum Gasteiger partial charge on any atom is 0.416 e. The SMILES string of the molecule is C[C@H](CC(=O)OC(C)(C)C)C(=O)O[C@@H](C)C(c1ccc(C(F)(F)F)cc1)c1ccc(C(F)(F)F)cc1. The van der Waals surface area contributed by atoms with Gasteiger partial charge < -0.3 is 9.47 Å². The summed E-state index contributed by atoms with van der Waals surface area (Å²) in [6, 6.07) is 8.19. The summed E-state index contributed by atoms with van der Waals surface area (Å²) < 4.78 is 88.8. The van der Waals surface area contributed by atoms with Crippen molar-refractivity contribution in [2.45, 2.75) is 71.0 Å². The Bertz CT molecular complexity index is 977. The minimum Gasteiger partial charge on any atom is -0.461 e. The molecule has 0 N–H and O–H groups in total. The Hall–Kier alpha value is -3.04. The molecule has 2 aromatic rings. The summed E-state index contributed by atoms with van der Waals surface area (Å²) in [4.78, 5) is 24.7. The number of halogens is 6. The molecule has 4 nitrogen and oxygen atoms in total. The van der Waals surface area contributed by atoms with Crippen molar-refractivity contribution < 1.29 is 45.4 Å². The Morgan fingerprint density at radius 3 is 1.47 bits per heavy atom. The fourth-order valence-corrected chi connectivity index (χ4v) is 3.58. The summed E-state index contributed by atoms with van der Waals surface area (Å²) in [6.45, 7) is 7.97. The highest BCUT2D eigenvalue weighted by atomic mass is 19.4. The third-order valence-corrected chi connectivity index (χ3v) is 5.26. The summed E-state index contributed by atoms with van der Waals surface area (Å²) >= 11 is 0. The zero-order chi connectivity index (χ0) is 27.5. The average molecular weight is 518 g/mol. The summed E-state index contributed by atoms with van der Waals surface area (Å²) in [5.41, 5.74) is -1.92. The quantitative estimate of drug-likeness (QED) is 0.288. The van der Waals surface area contributed by atoms with Crippen LogP contribution in [0.25, 0.3) is 0 Å². The number of hydrogen-bond acceptors (Lipinski definition) is 4. The van der Waals surface area contributed by atoms with Crippen LogP contribution in [-0.2, 0) is 31.4 Å². The lowest BCUT2D eigenvalue weighted by Crippen LogP contribution is -2.30. The largest absolute Gasteiger partial charge is 0.461 e. The molecule has 0 bridgehead atoms. The molecule has 2 rings (SSSR count). The topological polar surface area (TPSA) is 52.6 Å². The molecule has 36 heavy (non-hydrogen) atoms. The Morgan fingerprint density at radius 1 is 0.750 bits per heavy atom. The Labute approximate surface area is 205 Å². The maximum atomic E-state index is 13.0. The maximum absolute atomic E-state index is 13.0. The lowest BCUT2D eigenvalue weighted by atomic mass is 9.86. The van der Waals surface area contributed by atoms with Crippen LogP contribution in [0.1, 0.15) is 69.2 Å². The van der Waals surface area contributed by atoms with Gasteiger partial charge in [0.25, 0.3) is 0 Å². The van der Waals surface area contributed by atoms with Crippen LogP contribution < -0.4 is 0 Å². The van der Waals surface area contributed by atoms with E-state index in [4.69, 9.17) is 9.47 Å². The minimum atomic E-state index is -4.57. The molecule has 10 heteroatoms. The molecule has 0 heterocycles. The van der Waals surface area contributed by atoms with Crippen LogP contribution >= 0.6 is 0 Å². The molecule has 198 valence electrons. The van der Waals surface area contributed by atoms with Gasteiger partial charge in [-0.15, -0.1) is 0 Å². The number of benzene rings is 2. The molecular weight excluding hydrogens is 490 g/mol. The van der Waals surface area contributed by atoms with Gasteiger partial charge in [0.1, 0.15) is 11.7 Å². The summed E-state index contributed by atoms with van der Waals surface area (Å²) in [5, 5.41) is 0. The first-order chi connectivity index (χ1) is 16.4. The number of carbonyl (C=O) groups is 2. The second-order valence-corrected chi connectivity index (χ2v) is 9.55. The predicted molar refractivity (Wildman–Crippen MR) is 120 cm³/mol. The van der Waals surface area contributed by atoms with E-state index in [0.717, 1.165) is 24.3 Å². The smallest absolute Gasteiger partial charge is 0.416 e. The molecule has 0 amide bonds. The number of ether oxygens (including phenoxy) is 2. The molecule has 0 unspecified atom stereocenters. The van der Waals surface area contributed by atoms with E-state index in [1.807, 2.05) is 0 Å². The van der Waals surface area contributed by atoms with Crippen molar-refractivity contribution in [3.8, 4) is 0 Å². The first-order valence-corrected chi connectivity index (χ1v) is 11.1. The van der Waals surface area contributed by atoms with Gasteiger partial charge in [-0.05, 0) is 63.1 Å². The highest BCUT2D eigenvalue weighted by molar-refractivity contribution is 5.80. The van der Waals surface area contributed by atoms with Gasteiger partial charge in [0.15, 0.2) is 0 Å². The van der Waals surface area contributed by atoms with E-state index in [-0.39, 0.29) is 6.42 Å². The lowest BCUT2D eigenvalue weighted by Gasteiger charge is -2.27. The summed E-state index contributed by atoms with van der Waals surface area (Å²) in [5.74, 6) is -3.12. The van der Waals surface area contributed by atoms with Crippen molar-refractivity contribution in [2.24, 2.45) is 5.92 Å². The van der Waals surface area contributed by atoms with Gasteiger partial charge in [-0.3, -0.25) is 9.59 Å². The van der Waals surface area contributed by atoms with Gasteiger partial charge in [0.2, 0.25) is 0 Å². The molecule has 0 saturated heterocycles. The van der Waals surface area contributed by atoms with E-state index in [2.05, 4.69) is 0 Å². The molecule has 0 aliphatic carbocycles. The van der Waals surface area contributed by atoms with E-state index in [1.165, 1.54) is 38.1 Å². The van der Waals surface area contributed by atoms with Crippen molar-refractivity contribution in [3.05, 3.63) is 70.8 Å².